The summed E-state index contributed by atoms with van der Waals surface area (Å²) in [5.74, 6) is 0.208. The smallest absolute Gasteiger partial charge is 0.396 e. The summed E-state index contributed by atoms with van der Waals surface area (Å²) in [5, 5.41) is 8.89. The van der Waals surface area contributed by atoms with Gasteiger partial charge in [-0.15, -0.1) is 0 Å². The zero-order valence-corrected chi connectivity index (χ0v) is 15.4. The molecule has 0 bridgehead atoms. The monoisotopic (exact) mass is 385 g/mol. The van der Waals surface area contributed by atoms with Gasteiger partial charge in [0.05, 0.1) is 10.6 Å². The summed E-state index contributed by atoms with van der Waals surface area (Å²) in [5.41, 5.74) is 0.797. The Bertz CT molecular complexity index is 691. The van der Waals surface area contributed by atoms with Crippen LogP contribution in [0.4, 0.5) is 13.2 Å². The standard InChI is InChI=1S/C20H23ClF3NO/c1-15(16-7-3-2-4-8-16)13-25(11-6-12-26)14-17-9-5-10-18(19(17)21)20(22,23)24/h2-5,7-10,15,26H,6,11-14H2,1H3/t15-/m1/s1. The molecule has 2 aromatic carbocycles. The molecule has 0 fully saturated rings. The van der Waals surface area contributed by atoms with Gasteiger partial charge >= 0.3 is 6.18 Å². The molecule has 2 aromatic rings. The summed E-state index contributed by atoms with van der Waals surface area (Å²) in [6.07, 6.45) is -3.92. The fourth-order valence-electron chi connectivity index (χ4n) is 2.97. The zero-order chi connectivity index (χ0) is 19.2. The lowest BCUT2D eigenvalue weighted by Crippen LogP contribution is -2.29. The Hall–Kier alpha value is -1.56. The van der Waals surface area contributed by atoms with E-state index in [2.05, 4.69) is 6.92 Å². The number of aliphatic hydroxyl groups is 1. The van der Waals surface area contributed by atoms with Crippen molar-refractivity contribution in [3.05, 3.63) is 70.2 Å². The summed E-state index contributed by atoms with van der Waals surface area (Å²) in [6, 6.07) is 13.9. The first kappa shape index (κ1) is 20.7. The van der Waals surface area contributed by atoms with E-state index in [9.17, 15) is 13.2 Å². The quantitative estimate of drug-likeness (QED) is 0.662. The van der Waals surface area contributed by atoms with Crippen LogP contribution in [-0.2, 0) is 12.7 Å². The van der Waals surface area contributed by atoms with E-state index in [-0.39, 0.29) is 17.5 Å². The van der Waals surface area contributed by atoms with Crippen molar-refractivity contribution in [2.75, 3.05) is 19.7 Å². The van der Waals surface area contributed by atoms with E-state index in [0.717, 1.165) is 11.6 Å². The van der Waals surface area contributed by atoms with Crippen LogP contribution >= 0.6 is 11.6 Å². The molecule has 0 aliphatic rings. The van der Waals surface area contributed by atoms with Gasteiger partial charge in [-0.3, -0.25) is 4.90 Å². The third-order valence-corrected chi connectivity index (χ3v) is 4.76. The highest BCUT2D eigenvalue weighted by molar-refractivity contribution is 6.32. The highest BCUT2D eigenvalue weighted by atomic mass is 35.5. The fourth-order valence-corrected chi connectivity index (χ4v) is 3.26. The Labute approximate surface area is 157 Å². The molecule has 0 radical (unpaired) electrons. The average molecular weight is 386 g/mol. The van der Waals surface area contributed by atoms with Gasteiger partial charge in [0.1, 0.15) is 0 Å². The van der Waals surface area contributed by atoms with Gasteiger partial charge in [0.25, 0.3) is 0 Å². The van der Waals surface area contributed by atoms with Gasteiger partial charge < -0.3 is 5.11 Å². The Balaban J connectivity index is 2.18. The lowest BCUT2D eigenvalue weighted by molar-refractivity contribution is -0.137. The van der Waals surface area contributed by atoms with E-state index in [1.807, 2.05) is 35.2 Å². The van der Waals surface area contributed by atoms with Gasteiger partial charge in [0.2, 0.25) is 0 Å². The van der Waals surface area contributed by atoms with Crippen molar-refractivity contribution in [2.24, 2.45) is 0 Å². The topological polar surface area (TPSA) is 23.5 Å². The highest BCUT2D eigenvalue weighted by Crippen LogP contribution is 2.36. The minimum atomic E-state index is -4.47. The second kappa shape index (κ2) is 9.40. The summed E-state index contributed by atoms with van der Waals surface area (Å²) < 4.78 is 39.2. The number of rotatable bonds is 8. The Morgan fingerprint density at radius 3 is 2.38 bits per heavy atom. The first-order valence-electron chi connectivity index (χ1n) is 8.55. The molecule has 2 rings (SSSR count). The summed E-state index contributed by atoms with van der Waals surface area (Å²) >= 11 is 6.03. The molecule has 2 nitrogen and oxygen atoms in total. The minimum Gasteiger partial charge on any atom is -0.396 e. The van der Waals surface area contributed by atoms with Crippen molar-refractivity contribution < 1.29 is 18.3 Å². The number of benzene rings is 2. The molecule has 0 aliphatic heterocycles. The van der Waals surface area contributed by atoms with Gasteiger partial charge in [-0.25, -0.2) is 0 Å². The molecule has 0 aromatic heterocycles. The first-order valence-corrected chi connectivity index (χ1v) is 8.93. The van der Waals surface area contributed by atoms with Gasteiger partial charge in [-0.1, -0.05) is 61.0 Å². The Morgan fingerprint density at radius 1 is 1.08 bits per heavy atom. The highest BCUT2D eigenvalue weighted by Gasteiger charge is 2.34. The summed E-state index contributed by atoms with van der Waals surface area (Å²) in [4.78, 5) is 2.04. The van der Waals surface area contributed by atoms with Crippen LogP contribution in [0.25, 0.3) is 0 Å². The maximum Gasteiger partial charge on any atom is 0.417 e. The third-order valence-electron chi connectivity index (χ3n) is 4.31. The fraction of sp³-hybridized carbons (Fsp3) is 0.400. The molecule has 6 heteroatoms. The van der Waals surface area contributed by atoms with Crippen LogP contribution in [0.1, 0.15) is 36.0 Å². The molecule has 0 saturated heterocycles. The molecule has 1 atom stereocenters. The van der Waals surface area contributed by atoms with Crippen LogP contribution < -0.4 is 0 Å². The van der Waals surface area contributed by atoms with E-state index in [1.165, 1.54) is 6.07 Å². The Kier molecular flexibility index (Phi) is 7.50. The predicted octanol–water partition coefficient (Wildman–Crippen LogP) is 5.35. The van der Waals surface area contributed by atoms with Crippen LogP contribution in [0.5, 0.6) is 0 Å². The number of alkyl halides is 3. The van der Waals surface area contributed by atoms with Crippen molar-refractivity contribution in [3.8, 4) is 0 Å². The molecule has 0 unspecified atom stereocenters. The first-order chi connectivity index (χ1) is 12.3. The maximum atomic E-state index is 13.1. The van der Waals surface area contributed by atoms with Gasteiger partial charge in [0.15, 0.2) is 0 Å². The average Bonchev–Trinajstić information content (AvgIpc) is 2.61. The van der Waals surface area contributed by atoms with E-state index in [0.29, 0.717) is 31.6 Å². The number of halogens is 4. The van der Waals surface area contributed by atoms with Gasteiger partial charge in [0, 0.05) is 26.2 Å². The molecular formula is C20H23ClF3NO. The van der Waals surface area contributed by atoms with E-state index < -0.39 is 11.7 Å². The molecular weight excluding hydrogens is 363 g/mol. The number of nitrogens with zero attached hydrogens (tertiary/aromatic N) is 1. The van der Waals surface area contributed by atoms with E-state index in [1.54, 1.807) is 6.07 Å². The predicted molar refractivity (Wildman–Crippen MR) is 98.3 cm³/mol. The SMILES string of the molecule is C[C@H](CN(CCCO)Cc1cccc(C(F)(F)F)c1Cl)c1ccccc1. The Morgan fingerprint density at radius 2 is 1.77 bits per heavy atom. The summed E-state index contributed by atoms with van der Waals surface area (Å²) in [7, 11) is 0. The molecule has 26 heavy (non-hydrogen) atoms. The van der Waals surface area contributed by atoms with Crippen molar-refractivity contribution in [2.45, 2.75) is 32.0 Å². The van der Waals surface area contributed by atoms with Crippen molar-refractivity contribution in [3.63, 3.8) is 0 Å². The van der Waals surface area contributed by atoms with Gasteiger partial charge in [-0.2, -0.15) is 13.2 Å². The molecule has 1 N–H and O–H groups in total. The second-order valence-electron chi connectivity index (χ2n) is 6.40. The number of hydrogen-bond donors (Lipinski definition) is 1. The number of aliphatic hydroxyl groups excluding tert-OH is 1. The molecule has 0 amide bonds. The molecule has 0 aliphatic carbocycles. The van der Waals surface area contributed by atoms with Crippen LogP contribution in [0, 0.1) is 0 Å². The van der Waals surface area contributed by atoms with Gasteiger partial charge in [-0.05, 0) is 29.5 Å². The van der Waals surface area contributed by atoms with Crippen LogP contribution in [0.3, 0.4) is 0 Å². The molecule has 142 valence electrons. The van der Waals surface area contributed by atoms with Crippen LogP contribution in [-0.4, -0.2) is 29.7 Å². The largest absolute Gasteiger partial charge is 0.417 e. The molecule has 0 saturated carbocycles. The van der Waals surface area contributed by atoms with E-state index >= 15 is 0 Å². The van der Waals surface area contributed by atoms with E-state index in [4.69, 9.17) is 16.7 Å². The van der Waals surface area contributed by atoms with Crippen LogP contribution in [0.2, 0.25) is 5.02 Å². The van der Waals surface area contributed by atoms with Crippen molar-refractivity contribution in [1.82, 2.24) is 4.90 Å². The molecule has 0 spiro atoms. The lowest BCUT2D eigenvalue weighted by Gasteiger charge is -2.27. The second-order valence-corrected chi connectivity index (χ2v) is 6.78. The van der Waals surface area contributed by atoms with Crippen LogP contribution in [0.15, 0.2) is 48.5 Å². The third kappa shape index (κ3) is 5.73. The molecule has 0 heterocycles. The number of hydrogen-bond acceptors (Lipinski definition) is 2. The minimum absolute atomic E-state index is 0.0343. The maximum absolute atomic E-state index is 13.1. The zero-order valence-electron chi connectivity index (χ0n) is 14.6. The summed E-state index contributed by atoms with van der Waals surface area (Å²) in [6.45, 7) is 3.67. The van der Waals surface area contributed by atoms with Crippen molar-refractivity contribution >= 4 is 11.6 Å². The van der Waals surface area contributed by atoms with Crippen molar-refractivity contribution in [1.29, 1.82) is 0 Å². The lowest BCUT2D eigenvalue weighted by atomic mass is 10.00. The normalized spacial score (nSPS) is 13.2.